The fraction of sp³-hybridized carbons (Fsp3) is 0.409. The van der Waals surface area contributed by atoms with E-state index in [1.807, 2.05) is 48.2 Å². The van der Waals surface area contributed by atoms with E-state index in [1.54, 1.807) is 11.8 Å². The Labute approximate surface area is 171 Å². The molecule has 1 heterocycles. The van der Waals surface area contributed by atoms with Gasteiger partial charge in [0.05, 0.1) is 6.61 Å². The molecule has 0 atom stereocenters. The Hall–Kier alpha value is -2.18. The second-order valence-corrected chi connectivity index (χ2v) is 7.89. The van der Waals surface area contributed by atoms with Gasteiger partial charge in [-0.25, -0.2) is 0 Å². The number of hydrogen-bond acceptors (Lipinski definition) is 5. The van der Waals surface area contributed by atoms with Gasteiger partial charge in [-0.05, 0) is 61.9 Å². The van der Waals surface area contributed by atoms with Gasteiger partial charge in [0.2, 0.25) is 0 Å². The van der Waals surface area contributed by atoms with E-state index < -0.39 is 0 Å². The molecular weight excluding hydrogens is 370 g/mol. The molecule has 1 amide bonds. The lowest BCUT2D eigenvalue weighted by atomic mass is 10.2. The maximum absolute atomic E-state index is 12.9. The standard InChI is InChI=1S/C22H29N3O2S/c1-2-27-20-8-6-19(7-9-20)24-13-3-14-25(16-15-24)22(26)18-4-10-21(11-5-18)28-17-12-23/h4-11H,2-3,12-17,23H2,1H3. The van der Waals surface area contributed by atoms with Crippen LogP contribution in [-0.2, 0) is 0 Å². The fourth-order valence-corrected chi connectivity index (χ4v) is 4.03. The van der Waals surface area contributed by atoms with E-state index in [-0.39, 0.29) is 5.91 Å². The van der Waals surface area contributed by atoms with Gasteiger partial charge in [0.1, 0.15) is 5.75 Å². The zero-order valence-corrected chi connectivity index (χ0v) is 17.3. The van der Waals surface area contributed by atoms with Crippen molar-refractivity contribution in [2.45, 2.75) is 18.2 Å². The lowest BCUT2D eigenvalue weighted by Gasteiger charge is -2.24. The van der Waals surface area contributed by atoms with Gasteiger partial charge in [-0.1, -0.05) is 0 Å². The average molecular weight is 400 g/mol. The topological polar surface area (TPSA) is 58.8 Å². The Balaban J connectivity index is 1.58. The average Bonchev–Trinajstić information content (AvgIpc) is 2.99. The van der Waals surface area contributed by atoms with Gasteiger partial charge < -0.3 is 20.3 Å². The lowest BCUT2D eigenvalue weighted by Crippen LogP contribution is -2.35. The molecule has 5 nitrogen and oxygen atoms in total. The smallest absolute Gasteiger partial charge is 0.253 e. The van der Waals surface area contributed by atoms with Gasteiger partial charge >= 0.3 is 0 Å². The molecule has 0 radical (unpaired) electrons. The van der Waals surface area contributed by atoms with Crippen molar-refractivity contribution in [2.24, 2.45) is 5.73 Å². The summed E-state index contributed by atoms with van der Waals surface area (Å²) in [5.74, 6) is 1.90. The van der Waals surface area contributed by atoms with Crippen molar-refractivity contribution < 1.29 is 9.53 Å². The largest absolute Gasteiger partial charge is 0.494 e. The van der Waals surface area contributed by atoms with Crippen LogP contribution in [0.1, 0.15) is 23.7 Å². The van der Waals surface area contributed by atoms with Crippen LogP contribution in [0, 0.1) is 0 Å². The molecule has 2 N–H and O–H groups in total. The van der Waals surface area contributed by atoms with Crippen molar-refractivity contribution in [3.8, 4) is 5.75 Å². The van der Waals surface area contributed by atoms with Crippen molar-refractivity contribution in [3.05, 3.63) is 54.1 Å². The minimum atomic E-state index is 0.115. The maximum Gasteiger partial charge on any atom is 0.253 e. The molecule has 0 aliphatic carbocycles. The molecule has 1 saturated heterocycles. The highest BCUT2D eigenvalue weighted by atomic mass is 32.2. The summed E-state index contributed by atoms with van der Waals surface area (Å²) in [6.45, 7) is 6.62. The van der Waals surface area contributed by atoms with E-state index in [2.05, 4.69) is 17.0 Å². The summed E-state index contributed by atoms with van der Waals surface area (Å²) in [7, 11) is 0. The minimum absolute atomic E-state index is 0.115. The summed E-state index contributed by atoms with van der Waals surface area (Å²) in [4.78, 5) is 18.4. The zero-order valence-electron chi connectivity index (χ0n) is 16.5. The van der Waals surface area contributed by atoms with Crippen LogP contribution in [0.4, 0.5) is 5.69 Å². The Kier molecular flexibility index (Phi) is 7.62. The molecule has 28 heavy (non-hydrogen) atoms. The SMILES string of the molecule is CCOc1ccc(N2CCCN(C(=O)c3ccc(SCCN)cc3)CC2)cc1. The normalized spacial score (nSPS) is 14.6. The van der Waals surface area contributed by atoms with Crippen molar-refractivity contribution in [1.29, 1.82) is 0 Å². The highest BCUT2D eigenvalue weighted by Gasteiger charge is 2.20. The predicted molar refractivity (Wildman–Crippen MR) is 117 cm³/mol. The first-order chi connectivity index (χ1) is 13.7. The Morgan fingerprint density at radius 2 is 1.79 bits per heavy atom. The number of thioether (sulfide) groups is 1. The van der Waals surface area contributed by atoms with Crippen LogP contribution in [0.15, 0.2) is 53.4 Å². The third-order valence-electron chi connectivity index (χ3n) is 4.78. The van der Waals surface area contributed by atoms with Gasteiger partial charge in [-0.2, -0.15) is 0 Å². The van der Waals surface area contributed by atoms with Crippen LogP contribution in [0.2, 0.25) is 0 Å². The van der Waals surface area contributed by atoms with E-state index in [1.165, 1.54) is 5.69 Å². The zero-order chi connectivity index (χ0) is 19.8. The second kappa shape index (κ2) is 10.4. The molecule has 0 saturated carbocycles. The Morgan fingerprint density at radius 1 is 1.04 bits per heavy atom. The molecule has 1 aliphatic heterocycles. The molecule has 0 unspecified atom stereocenters. The summed E-state index contributed by atoms with van der Waals surface area (Å²) in [6, 6.07) is 16.1. The van der Waals surface area contributed by atoms with Crippen LogP contribution in [0.25, 0.3) is 0 Å². The molecule has 0 spiro atoms. The van der Waals surface area contributed by atoms with Crippen molar-refractivity contribution in [1.82, 2.24) is 4.90 Å². The number of benzene rings is 2. The van der Waals surface area contributed by atoms with Gasteiger partial charge in [0.15, 0.2) is 0 Å². The molecule has 1 aliphatic rings. The number of carbonyl (C=O) groups is 1. The number of anilines is 1. The molecule has 0 aromatic heterocycles. The Bertz CT molecular complexity index is 749. The Morgan fingerprint density at radius 3 is 2.46 bits per heavy atom. The highest BCUT2D eigenvalue weighted by molar-refractivity contribution is 7.99. The van der Waals surface area contributed by atoms with E-state index in [9.17, 15) is 4.79 Å². The third kappa shape index (κ3) is 5.42. The summed E-state index contributed by atoms with van der Waals surface area (Å²) < 4.78 is 5.52. The molecule has 3 rings (SSSR count). The number of nitrogens with zero attached hydrogens (tertiary/aromatic N) is 2. The van der Waals surface area contributed by atoms with E-state index in [0.717, 1.165) is 54.6 Å². The number of rotatable bonds is 7. The first-order valence-corrected chi connectivity index (χ1v) is 10.9. The summed E-state index contributed by atoms with van der Waals surface area (Å²) in [5, 5.41) is 0. The number of amides is 1. The molecular formula is C22H29N3O2S. The number of nitrogens with two attached hydrogens (primary N) is 1. The predicted octanol–water partition coefficient (Wildman–Crippen LogP) is 3.49. The summed E-state index contributed by atoms with van der Waals surface area (Å²) in [5.41, 5.74) is 7.48. The molecule has 6 heteroatoms. The van der Waals surface area contributed by atoms with Gasteiger partial charge in [0.25, 0.3) is 5.91 Å². The molecule has 150 valence electrons. The molecule has 2 aromatic rings. The maximum atomic E-state index is 12.9. The quantitative estimate of drug-likeness (QED) is 0.722. The first-order valence-electron chi connectivity index (χ1n) is 9.91. The minimum Gasteiger partial charge on any atom is -0.494 e. The van der Waals surface area contributed by atoms with E-state index in [0.29, 0.717) is 13.2 Å². The van der Waals surface area contributed by atoms with E-state index >= 15 is 0 Å². The van der Waals surface area contributed by atoms with Gasteiger partial charge in [-0.3, -0.25) is 4.79 Å². The fourth-order valence-electron chi connectivity index (χ4n) is 3.35. The first kappa shape index (κ1) is 20.6. The number of carbonyl (C=O) groups excluding carboxylic acids is 1. The van der Waals surface area contributed by atoms with E-state index in [4.69, 9.17) is 10.5 Å². The number of hydrogen-bond donors (Lipinski definition) is 1. The van der Waals surface area contributed by atoms with Crippen molar-refractivity contribution in [3.63, 3.8) is 0 Å². The van der Waals surface area contributed by atoms with Crippen LogP contribution < -0.4 is 15.4 Å². The summed E-state index contributed by atoms with van der Waals surface area (Å²) >= 11 is 1.72. The molecule has 0 bridgehead atoms. The van der Waals surface area contributed by atoms with Crippen molar-refractivity contribution in [2.75, 3.05) is 50.0 Å². The third-order valence-corrected chi connectivity index (χ3v) is 5.83. The van der Waals surface area contributed by atoms with Gasteiger partial charge in [-0.15, -0.1) is 11.8 Å². The molecule has 2 aromatic carbocycles. The second-order valence-electron chi connectivity index (χ2n) is 6.72. The van der Waals surface area contributed by atoms with Gasteiger partial charge in [0, 0.05) is 54.6 Å². The monoisotopic (exact) mass is 399 g/mol. The van der Waals surface area contributed by atoms with Crippen LogP contribution in [0.5, 0.6) is 5.75 Å². The van der Waals surface area contributed by atoms with Crippen molar-refractivity contribution >= 4 is 23.4 Å². The van der Waals surface area contributed by atoms with Crippen LogP contribution >= 0.6 is 11.8 Å². The molecule has 1 fully saturated rings. The number of ether oxygens (including phenoxy) is 1. The highest BCUT2D eigenvalue weighted by Crippen LogP contribution is 2.22. The van der Waals surface area contributed by atoms with Crippen LogP contribution in [0.3, 0.4) is 0 Å². The lowest BCUT2D eigenvalue weighted by molar-refractivity contribution is 0.0767. The summed E-state index contributed by atoms with van der Waals surface area (Å²) in [6.07, 6.45) is 0.962. The van der Waals surface area contributed by atoms with Crippen LogP contribution in [-0.4, -0.2) is 55.9 Å².